The first-order chi connectivity index (χ1) is 9.75. The second-order valence-electron chi connectivity index (χ2n) is 4.61. The summed E-state index contributed by atoms with van der Waals surface area (Å²) >= 11 is 0. The first-order valence-electron chi connectivity index (χ1n) is 6.42. The van der Waals surface area contributed by atoms with Crippen molar-refractivity contribution in [3.8, 4) is 33.8 Å². The first-order valence-corrected chi connectivity index (χ1v) is 6.42. The molecule has 0 aliphatic heterocycles. The number of phenolic OH excluding ortho intramolecular Hbond substituents is 2. The van der Waals surface area contributed by atoms with Crippen molar-refractivity contribution < 1.29 is 10.2 Å². The maximum Gasteiger partial charge on any atom is 0.123 e. The lowest BCUT2D eigenvalue weighted by molar-refractivity contribution is 0.475. The molecule has 0 spiro atoms. The maximum absolute atomic E-state index is 10.0. The minimum absolute atomic E-state index is 0.244. The molecular weight excluding hydrogens is 248 g/mol. The minimum Gasteiger partial charge on any atom is -0.508 e. The van der Waals surface area contributed by atoms with Crippen LogP contribution in [0.1, 0.15) is 0 Å². The molecule has 2 nitrogen and oxygen atoms in total. The molecule has 20 heavy (non-hydrogen) atoms. The second kappa shape index (κ2) is 5.10. The summed E-state index contributed by atoms with van der Waals surface area (Å²) in [6, 6.07) is 22.3. The third-order valence-electron chi connectivity index (χ3n) is 3.30. The highest BCUT2D eigenvalue weighted by Gasteiger charge is 2.09. The molecular formula is C18H14O2. The molecule has 0 saturated carbocycles. The van der Waals surface area contributed by atoms with E-state index in [9.17, 15) is 10.2 Å². The second-order valence-corrected chi connectivity index (χ2v) is 4.61. The van der Waals surface area contributed by atoms with Crippen LogP contribution in [0, 0.1) is 0 Å². The lowest BCUT2D eigenvalue weighted by Crippen LogP contribution is -1.85. The Balaban J connectivity index is 2.19. The van der Waals surface area contributed by atoms with Crippen molar-refractivity contribution in [3.63, 3.8) is 0 Å². The van der Waals surface area contributed by atoms with E-state index in [-0.39, 0.29) is 11.5 Å². The molecule has 0 amide bonds. The predicted octanol–water partition coefficient (Wildman–Crippen LogP) is 4.43. The Hall–Kier alpha value is -2.74. The Labute approximate surface area is 117 Å². The molecule has 0 saturated heterocycles. The number of benzene rings is 3. The highest BCUT2D eigenvalue weighted by Crippen LogP contribution is 2.36. The molecule has 0 aliphatic rings. The van der Waals surface area contributed by atoms with Crippen molar-refractivity contribution in [1.29, 1.82) is 0 Å². The van der Waals surface area contributed by atoms with Crippen LogP contribution in [0.3, 0.4) is 0 Å². The van der Waals surface area contributed by atoms with Gasteiger partial charge in [-0.15, -0.1) is 0 Å². The van der Waals surface area contributed by atoms with Gasteiger partial charge in [-0.05, 0) is 34.9 Å². The van der Waals surface area contributed by atoms with Gasteiger partial charge in [-0.2, -0.15) is 0 Å². The number of para-hydroxylation sites is 1. The van der Waals surface area contributed by atoms with E-state index in [1.807, 2.05) is 54.6 Å². The molecule has 3 aromatic rings. The van der Waals surface area contributed by atoms with Crippen molar-refractivity contribution >= 4 is 0 Å². The molecule has 0 atom stereocenters. The van der Waals surface area contributed by atoms with Crippen LogP contribution in [0.15, 0.2) is 72.8 Å². The number of rotatable bonds is 2. The molecule has 3 rings (SSSR count). The van der Waals surface area contributed by atoms with Gasteiger partial charge < -0.3 is 10.2 Å². The Morgan fingerprint density at radius 3 is 1.70 bits per heavy atom. The highest BCUT2D eigenvalue weighted by atomic mass is 16.3. The van der Waals surface area contributed by atoms with Crippen molar-refractivity contribution in [1.82, 2.24) is 0 Å². The fourth-order valence-electron chi connectivity index (χ4n) is 2.31. The largest absolute Gasteiger partial charge is 0.508 e. The fraction of sp³-hybridized carbons (Fsp3) is 0. The van der Waals surface area contributed by atoms with Crippen LogP contribution < -0.4 is 0 Å². The maximum atomic E-state index is 10.0. The number of phenols is 2. The van der Waals surface area contributed by atoms with Crippen LogP contribution in [-0.2, 0) is 0 Å². The molecule has 2 N–H and O–H groups in total. The van der Waals surface area contributed by atoms with E-state index in [4.69, 9.17) is 0 Å². The van der Waals surface area contributed by atoms with Crippen molar-refractivity contribution in [2.45, 2.75) is 0 Å². The molecule has 0 aliphatic carbocycles. The number of hydrogen-bond donors (Lipinski definition) is 2. The lowest BCUT2D eigenvalue weighted by Gasteiger charge is -2.11. The summed E-state index contributed by atoms with van der Waals surface area (Å²) in [6.45, 7) is 0. The average Bonchev–Trinajstić information content (AvgIpc) is 2.49. The Bertz CT molecular complexity index is 730. The van der Waals surface area contributed by atoms with Crippen LogP contribution in [0.2, 0.25) is 0 Å². The van der Waals surface area contributed by atoms with Crippen LogP contribution >= 0.6 is 0 Å². The van der Waals surface area contributed by atoms with Crippen molar-refractivity contribution in [2.24, 2.45) is 0 Å². The van der Waals surface area contributed by atoms with Gasteiger partial charge in [0.15, 0.2) is 0 Å². The summed E-state index contributed by atoms with van der Waals surface area (Å²) in [5, 5.41) is 19.4. The van der Waals surface area contributed by atoms with Crippen LogP contribution in [0.25, 0.3) is 22.3 Å². The van der Waals surface area contributed by atoms with Crippen LogP contribution in [0.5, 0.6) is 11.5 Å². The standard InChI is InChI=1S/C18H14O2/c19-14-11-9-13(10-12-14)15-5-1-2-6-16(15)17-7-3-4-8-18(17)20/h1-12,19-20H. The zero-order valence-corrected chi connectivity index (χ0v) is 10.8. The van der Waals surface area contributed by atoms with E-state index in [2.05, 4.69) is 0 Å². The smallest absolute Gasteiger partial charge is 0.123 e. The molecule has 0 fully saturated rings. The zero-order valence-electron chi connectivity index (χ0n) is 10.8. The van der Waals surface area contributed by atoms with E-state index in [1.165, 1.54) is 0 Å². The van der Waals surface area contributed by atoms with Crippen molar-refractivity contribution in [3.05, 3.63) is 72.8 Å². The Morgan fingerprint density at radius 2 is 1.05 bits per heavy atom. The van der Waals surface area contributed by atoms with Gasteiger partial charge in [0.25, 0.3) is 0 Å². The summed E-state index contributed by atoms with van der Waals surface area (Å²) in [5.41, 5.74) is 3.79. The minimum atomic E-state index is 0.244. The molecule has 0 aromatic heterocycles. The third kappa shape index (κ3) is 2.24. The van der Waals surface area contributed by atoms with Gasteiger partial charge >= 0.3 is 0 Å². The summed E-state index contributed by atoms with van der Waals surface area (Å²) < 4.78 is 0. The number of aromatic hydroxyl groups is 2. The molecule has 0 radical (unpaired) electrons. The molecule has 0 heterocycles. The van der Waals surface area contributed by atoms with Crippen LogP contribution in [0.4, 0.5) is 0 Å². The zero-order chi connectivity index (χ0) is 13.9. The van der Waals surface area contributed by atoms with Gasteiger partial charge in [0.1, 0.15) is 11.5 Å². The normalized spacial score (nSPS) is 10.4. The van der Waals surface area contributed by atoms with E-state index in [0.29, 0.717) is 0 Å². The van der Waals surface area contributed by atoms with Gasteiger partial charge in [-0.3, -0.25) is 0 Å². The van der Waals surface area contributed by atoms with Gasteiger partial charge in [-0.1, -0.05) is 54.6 Å². The SMILES string of the molecule is Oc1ccc(-c2ccccc2-c2ccccc2O)cc1. The number of hydrogen-bond acceptors (Lipinski definition) is 2. The van der Waals surface area contributed by atoms with E-state index in [1.54, 1.807) is 18.2 Å². The summed E-state index contributed by atoms with van der Waals surface area (Å²) in [7, 11) is 0. The van der Waals surface area contributed by atoms with E-state index in [0.717, 1.165) is 22.3 Å². The molecule has 2 heteroatoms. The molecule has 0 bridgehead atoms. The molecule has 98 valence electrons. The Kier molecular flexibility index (Phi) is 3.13. The molecule has 3 aromatic carbocycles. The van der Waals surface area contributed by atoms with Gasteiger partial charge in [-0.25, -0.2) is 0 Å². The molecule has 0 unspecified atom stereocenters. The van der Waals surface area contributed by atoms with E-state index >= 15 is 0 Å². The quantitative estimate of drug-likeness (QED) is 0.717. The summed E-state index contributed by atoms with van der Waals surface area (Å²) in [4.78, 5) is 0. The summed E-state index contributed by atoms with van der Waals surface area (Å²) in [5.74, 6) is 0.507. The monoisotopic (exact) mass is 262 g/mol. The third-order valence-corrected chi connectivity index (χ3v) is 3.30. The van der Waals surface area contributed by atoms with Gasteiger partial charge in [0, 0.05) is 5.56 Å². The van der Waals surface area contributed by atoms with Gasteiger partial charge in [0.2, 0.25) is 0 Å². The van der Waals surface area contributed by atoms with E-state index < -0.39 is 0 Å². The lowest BCUT2D eigenvalue weighted by atomic mass is 9.94. The first kappa shape index (κ1) is 12.3. The van der Waals surface area contributed by atoms with Crippen LogP contribution in [-0.4, -0.2) is 10.2 Å². The average molecular weight is 262 g/mol. The topological polar surface area (TPSA) is 40.5 Å². The summed E-state index contributed by atoms with van der Waals surface area (Å²) in [6.07, 6.45) is 0. The Morgan fingerprint density at radius 1 is 0.500 bits per heavy atom. The fourth-order valence-corrected chi connectivity index (χ4v) is 2.31. The highest BCUT2D eigenvalue weighted by molar-refractivity contribution is 5.85. The van der Waals surface area contributed by atoms with Gasteiger partial charge in [0.05, 0.1) is 0 Å². The van der Waals surface area contributed by atoms with Crippen molar-refractivity contribution in [2.75, 3.05) is 0 Å². The predicted molar refractivity (Wildman–Crippen MR) is 80.6 cm³/mol.